The molecule has 0 radical (unpaired) electrons. The first-order chi connectivity index (χ1) is 16.7. The maximum Gasteiger partial charge on any atom is 0.227 e. The number of carbonyl (C=O) groups is 1. The van der Waals surface area contributed by atoms with Crippen molar-refractivity contribution in [2.75, 3.05) is 39.4 Å². The van der Waals surface area contributed by atoms with Gasteiger partial charge in [-0.15, -0.1) is 5.10 Å². The molecule has 0 saturated carbocycles. The Morgan fingerprint density at radius 1 is 0.941 bits per heavy atom. The Kier molecular flexibility index (Phi) is 5.89. The normalized spacial score (nSPS) is 26.5. The van der Waals surface area contributed by atoms with Gasteiger partial charge in [-0.05, 0) is 36.4 Å². The number of hydrogen-bond acceptors (Lipinski definition) is 5. The highest BCUT2D eigenvalue weighted by molar-refractivity contribution is 5.80. The third kappa shape index (κ3) is 4.26. The quantitative estimate of drug-likeness (QED) is 0.589. The molecule has 5 heterocycles. The van der Waals surface area contributed by atoms with Crippen molar-refractivity contribution in [3.63, 3.8) is 0 Å². The van der Waals surface area contributed by atoms with E-state index in [0.717, 1.165) is 56.8 Å². The molecule has 1 unspecified atom stereocenters. The first kappa shape index (κ1) is 21.5. The van der Waals surface area contributed by atoms with Crippen molar-refractivity contribution in [1.82, 2.24) is 24.8 Å². The van der Waals surface area contributed by atoms with Gasteiger partial charge < -0.3 is 9.64 Å². The fourth-order valence-electron chi connectivity index (χ4n) is 5.83. The number of aromatic nitrogens is 3. The molecule has 4 aliphatic rings. The number of benzene rings is 2. The van der Waals surface area contributed by atoms with E-state index in [1.54, 1.807) is 0 Å². The minimum absolute atomic E-state index is 0.137. The summed E-state index contributed by atoms with van der Waals surface area (Å²) in [6.45, 7) is 5.57. The smallest absolute Gasteiger partial charge is 0.227 e. The van der Waals surface area contributed by atoms with Gasteiger partial charge in [0.1, 0.15) is 5.69 Å². The van der Waals surface area contributed by atoms with Crippen LogP contribution in [-0.2, 0) is 16.1 Å². The van der Waals surface area contributed by atoms with Crippen LogP contribution in [0.2, 0.25) is 0 Å². The van der Waals surface area contributed by atoms with E-state index in [9.17, 15) is 4.79 Å². The van der Waals surface area contributed by atoms with Gasteiger partial charge in [-0.1, -0.05) is 59.8 Å². The standard InChI is InChI=1S/C27H31N5O2/c33-27(30-12-14-34-15-13-30)25-18-31-11-10-23(25)16-24(31)17-32-19-26(28-29-32)22-8-6-21(7-9-22)20-4-2-1-3-5-20/h1-9,19,23-25H,10-18H2/t23-,24-,25+/m1/s1. The van der Waals surface area contributed by atoms with E-state index < -0.39 is 0 Å². The molecule has 1 aromatic heterocycles. The van der Waals surface area contributed by atoms with Crippen molar-refractivity contribution in [2.45, 2.75) is 25.4 Å². The molecule has 0 spiro atoms. The van der Waals surface area contributed by atoms with Gasteiger partial charge in [0.25, 0.3) is 0 Å². The van der Waals surface area contributed by atoms with Gasteiger partial charge in [0.05, 0.1) is 31.9 Å². The number of piperidine rings is 3. The highest BCUT2D eigenvalue weighted by atomic mass is 16.5. The largest absolute Gasteiger partial charge is 0.378 e. The van der Waals surface area contributed by atoms with E-state index in [2.05, 4.69) is 69.9 Å². The van der Waals surface area contributed by atoms with Crippen LogP contribution in [-0.4, -0.2) is 76.1 Å². The molecule has 7 rings (SSSR count). The topological polar surface area (TPSA) is 63.5 Å². The van der Waals surface area contributed by atoms with Gasteiger partial charge in [0.15, 0.2) is 0 Å². The van der Waals surface area contributed by atoms with Crippen LogP contribution in [0.1, 0.15) is 12.8 Å². The summed E-state index contributed by atoms with van der Waals surface area (Å²) >= 11 is 0. The van der Waals surface area contributed by atoms with E-state index in [4.69, 9.17) is 4.74 Å². The van der Waals surface area contributed by atoms with Crippen molar-refractivity contribution >= 4 is 5.91 Å². The Balaban J connectivity index is 1.10. The second kappa shape index (κ2) is 9.31. The predicted molar refractivity (Wildman–Crippen MR) is 130 cm³/mol. The molecule has 2 bridgehead atoms. The fourth-order valence-corrected chi connectivity index (χ4v) is 5.83. The van der Waals surface area contributed by atoms with Crippen LogP contribution < -0.4 is 0 Å². The zero-order valence-electron chi connectivity index (χ0n) is 19.4. The van der Waals surface area contributed by atoms with Crippen molar-refractivity contribution in [3.05, 3.63) is 60.8 Å². The molecule has 1 amide bonds. The van der Waals surface area contributed by atoms with Crippen LogP contribution in [0.25, 0.3) is 22.4 Å². The Morgan fingerprint density at radius 3 is 2.41 bits per heavy atom. The van der Waals surface area contributed by atoms with E-state index in [1.165, 1.54) is 11.1 Å². The van der Waals surface area contributed by atoms with Crippen LogP contribution >= 0.6 is 0 Å². The molecule has 34 heavy (non-hydrogen) atoms. The maximum atomic E-state index is 13.1. The molecule has 4 saturated heterocycles. The van der Waals surface area contributed by atoms with E-state index in [0.29, 0.717) is 31.1 Å². The van der Waals surface area contributed by atoms with Crippen LogP contribution in [0.5, 0.6) is 0 Å². The average molecular weight is 458 g/mol. The van der Waals surface area contributed by atoms with Gasteiger partial charge in [-0.25, -0.2) is 0 Å². The highest BCUT2D eigenvalue weighted by Crippen LogP contribution is 2.38. The molecule has 4 atom stereocenters. The Hall–Kier alpha value is -3.03. The van der Waals surface area contributed by atoms with Crippen LogP contribution in [0.3, 0.4) is 0 Å². The van der Waals surface area contributed by atoms with Gasteiger partial charge in [0.2, 0.25) is 5.91 Å². The molecule has 7 heteroatoms. The van der Waals surface area contributed by atoms with Crippen molar-refractivity contribution in [3.8, 4) is 22.4 Å². The SMILES string of the molecule is O=C([C@H]1CN2CC[C@@H]1C[C@@H]2Cn1cc(-c2ccc(-c3ccccc3)cc2)nn1)N1CCOCC1. The summed E-state index contributed by atoms with van der Waals surface area (Å²) in [4.78, 5) is 17.6. The molecular weight excluding hydrogens is 426 g/mol. The third-order valence-corrected chi connectivity index (χ3v) is 7.74. The van der Waals surface area contributed by atoms with E-state index in [1.807, 2.05) is 15.6 Å². The van der Waals surface area contributed by atoms with Crippen LogP contribution in [0.15, 0.2) is 60.8 Å². The summed E-state index contributed by atoms with van der Waals surface area (Å²) in [6, 6.07) is 19.3. The molecule has 4 fully saturated rings. The lowest BCUT2D eigenvalue weighted by atomic mass is 9.75. The zero-order valence-corrected chi connectivity index (χ0v) is 19.4. The van der Waals surface area contributed by atoms with Gasteiger partial charge >= 0.3 is 0 Å². The van der Waals surface area contributed by atoms with Crippen LogP contribution in [0, 0.1) is 11.8 Å². The molecular formula is C27H31N5O2. The first-order valence-electron chi connectivity index (χ1n) is 12.4. The Bertz CT molecular complexity index is 1120. The number of ether oxygens (including phenoxy) is 1. The molecule has 0 N–H and O–H groups in total. The first-order valence-corrected chi connectivity index (χ1v) is 12.4. The summed E-state index contributed by atoms with van der Waals surface area (Å²) in [5, 5.41) is 8.87. The number of fused-ring (bicyclic) bond motifs is 3. The van der Waals surface area contributed by atoms with Crippen molar-refractivity contribution in [1.29, 1.82) is 0 Å². The lowest BCUT2D eigenvalue weighted by molar-refractivity contribution is -0.148. The van der Waals surface area contributed by atoms with Crippen LogP contribution in [0.4, 0.5) is 0 Å². The van der Waals surface area contributed by atoms with E-state index >= 15 is 0 Å². The van der Waals surface area contributed by atoms with Crippen molar-refractivity contribution in [2.24, 2.45) is 11.8 Å². The number of morpholine rings is 1. The number of amides is 1. The highest BCUT2D eigenvalue weighted by Gasteiger charge is 2.44. The molecule has 4 aliphatic heterocycles. The molecule has 176 valence electrons. The summed E-state index contributed by atoms with van der Waals surface area (Å²) in [5.74, 6) is 0.940. The van der Waals surface area contributed by atoms with Gasteiger partial charge in [-0.3, -0.25) is 14.4 Å². The monoisotopic (exact) mass is 457 g/mol. The lowest BCUT2D eigenvalue weighted by Crippen LogP contribution is -2.59. The predicted octanol–water partition coefficient (Wildman–Crippen LogP) is 3.18. The summed E-state index contributed by atoms with van der Waals surface area (Å²) in [7, 11) is 0. The number of nitrogens with zero attached hydrogens (tertiary/aromatic N) is 5. The fraction of sp³-hybridized carbons (Fsp3) is 0.444. The Labute approximate surface area is 200 Å². The zero-order chi connectivity index (χ0) is 22.9. The number of hydrogen-bond donors (Lipinski definition) is 0. The second-order valence-electron chi connectivity index (χ2n) is 9.75. The molecule has 0 aliphatic carbocycles. The second-order valence-corrected chi connectivity index (χ2v) is 9.75. The summed E-state index contributed by atoms with van der Waals surface area (Å²) in [6.07, 6.45) is 4.23. The van der Waals surface area contributed by atoms with Crippen molar-refractivity contribution < 1.29 is 9.53 Å². The lowest BCUT2D eigenvalue weighted by Gasteiger charge is -2.50. The summed E-state index contributed by atoms with van der Waals surface area (Å²) < 4.78 is 7.40. The third-order valence-electron chi connectivity index (χ3n) is 7.74. The van der Waals surface area contributed by atoms with Gasteiger partial charge in [-0.2, -0.15) is 0 Å². The Morgan fingerprint density at radius 2 is 1.68 bits per heavy atom. The molecule has 2 aromatic carbocycles. The van der Waals surface area contributed by atoms with E-state index in [-0.39, 0.29) is 5.92 Å². The number of carbonyl (C=O) groups excluding carboxylic acids is 1. The maximum absolute atomic E-state index is 13.1. The molecule has 3 aromatic rings. The van der Waals surface area contributed by atoms with Gasteiger partial charge in [0, 0.05) is 31.2 Å². The molecule has 7 nitrogen and oxygen atoms in total. The minimum Gasteiger partial charge on any atom is -0.378 e. The minimum atomic E-state index is 0.137. The average Bonchev–Trinajstić information content (AvgIpc) is 3.38. The summed E-state index contributed by atoms with van der Waals surface area (Å²) in [5.41, 5.74) is 4.39. The number of rotatable bonds is 5.